The van der Waals surface area contributed by atoms with E-state index in [0.717, 1.165) is 17.2 Å². The van der Waals surface area contributed by atoms with Gasteiger partial charge in [-0.3, -0.25) is 4.79 Å². The van der Waals surface area contributed by atoms with Gasteiger partial charge in [-0.2, -0.15) is 0 Å². The molecule has 1 atom stereocenters. The van der Waals surface area contributed by atoms with Crippen LogP contribution in [0.2, 0.25) is 0 Å². The molecule has 1 amide bonds. The van der Waals surface area contributed by atoms with E-state index in [1.165, 1.54) is 43.7 Å². The average Bonchev–Trinajstić information content (AvgIpc) is 3.57. The molecular formula is C36H46N2O9. The third-order valence-corrected chi connectivity index (χ3v) is 7.85. The molecule has 1 saturated heterocycles. The number of phenols is 2. The summed E-state index contributed by atoms with van der Waals surface area (Å²) in [5, 5.41) is 22.2. The highest BCUT2D eigenvalue weighted by Crippen LogP contribution is 2.57. The van der Waals surface area contributed by atoms with Crippen molar-refractivity contribution in [3.63, 3.8) is 0 Å². The normalized spacial score (nSPS) is 16.3. The molecule has 0 radical (unpaired) electrons. The van der Waals surface area contributed by atoms with Crippen LogP contribution in [0.1, 0.15) is 66.2 Å². The number of aromatic hydroxyl groups is 2. The van der Waals surface area contributed by atoms with Gasteiger partial charge in [-0.15, -0.1) is 0 Å². The molecule has 3 aromatic rings. The molecule has 47 heavy (non-hydrogen) atoms. The molecule has 3 N–H and O–H groups in total. The minimum Gasteiger partial charge on any atom is -0.508 e. The minimum absolute atomic E-state index is 0.0379. The number of esters is 1. The zero-order valence-electron chi connectivity index (χ0n) is 27.8. The smallest absolute Gasteiger partial charge is 0.340 e. The highest BCUT2D eigenvalue weighted by atomic mass is 16.6. The lowest BCUT2D eigenvalue weighted by Gasteiger charge is -2.36. The maximum atomic E-state index is 12.7. The van der Waals surface area contributed by atoms with Gasteiger partial charge in [-0.25, -0.2) is 4.79 Å². The molecule has 0 saturated carbocycles. The number of amides is 1. The third kappa shape index (κ3) is 9.09. The van der Waals surface area contributed by atoms with Crippen LogP contribution in [-0.2, 0) is 29.4 Å². The molecule has 3 heterocycles. The van der Waals surface area contributed by atoms with E-state index in [1.807, 2.05) is 39.0 Å². The van der Waals surface area contributed by atoms with Crippen molar-refractivity contribution in [1.29, 1.82) is 0 Å². The van der Waals surface area contributed by atoms with Crippen molar-refractivity contribution >= 4 is 18.7 Å². The van der Waals surface area contributed by atoms with E-state index < -0.39 is 11.6 Å². The first-order chi connectivity index (χ1) is 22.7. The Morgan fingerprint density at radius 2 is 1.55 bits per heavy atom. The van der Waals surface area contributed by atoms with Gasteiger partial charge < -0.3 is 44.2 Å². The van der Waals surface area contributed by atoms with Gasteiger partial charge in [0.1, 0.15) is 35.9 Å². The maximum absolute atomic E-state index is 12.7. The highest BCUT2D eigenvalue weighted by Gasteiger charge is 2.53. The van der Waals surface area contributed by atoms with Gasteiger partial charge in [0.15, 0.2) is 5.60 Å². The first-order valence-electron chi connectivity index (χ1n) is 15.9. The summed E-state index contributed by atoms with van der Waals surface area (Å²) in [6.07, 6.45) is 4.11. The van der Waals surface area contributed by atoms with Crippen LogP contribution in [0.5, 0.6) is 23.0 Å². The number of rotatable bonds is 9. The molecular weight excluding hydrogens is 604 g/mol. The summed E-state index contributed by atoms with van der Waals surface area (Å²) < 4.78 is 21.7. The number of ether oxygens (including phenoxy) is 4. The topological polar surface area (TPSA) is 144 Å². The first kappa shape index (κ1) is 37.0. The van der Waals surface area contributed by atoms with E-state index in [2.05, 4.69) is 24.2 Å². The third-order valence-electron chi connectivity index (χ3n) is 7.85. The summed E-state index contributed by atoms with van der Waals surface area (Å²) in [6.45, 7) is 11.4. The fourth-order valence-electron chi connectivity index (χ4n) is 5.44. The second kappa shape index (κ2) is 18.0. The number of fused-ring (bicyclic) bond motifs is 6. The van der Waals surface area contributed by atoms with Crippen LogP contribution < -0.4 is 10.1 Å². The first-order valence-corrected chi connectivity index (χ1v) is 15.9. The molecule has 1 spiro atoms. The minimum atomic E-state index is -1.18. The van der Waals surface area contributed by atoms with Gasteiger partial charge in [0.25, 0.3) is 0 Å². The quantitative estimate of drug-likeness (QED) is 0.163. The number of aldehydes is 1. The monoisotopic (exact) mass is 650 g/mol. The van der Waals surface area contributed by atoms with Crippen LogP contribution in [0.15, 0.2) is 54.6 Å². The van der Waals surface area contributed by atoms with Crippen LogP contribution in [0.25, 0.3) is 0 Å². The van der Waals surface area contributed by atoms with Crippen molar-refractivity contribution in [1.82, 2.24) is 10.2 Å². The number of nitrogens with one attached hydrogen (secondary N) is 1. The highest BCUT2D eigenvalue weighted by molar-refractivity contribution is 5.97. The SMILES string of the molecule is CC.CC1CCCN1C.Cc1ccc2c(c1)C(=O)OC21c2ccc(O)cc2Oc2cc(O)ccc21.O=CCOCCOCCNC=O. The number of carbonyl (C=O) groups excluding carboxylic acids is 3. The Morgan fingerprint density at radius 1 is 0.936 bits per heavy atom. The van der Waals surface area contributed by atoms with Gasteiger partial charge in [-0.1, -0.05) is 31.5 Å². The Bertz CT molecular complexity index is 1420. The van der Waals surface area contributed by atoms with E-state index >= 15 is 0 Å². The van der Waals surface area contributed by atoms with Crippen LogP contribution in [-0.4, -0.2) is 86.4 Å². The van der Waals surface area contributed by atoms with E-state index in [1.54, 1.807) is 12.1 Å². The Balaban J connectivity index is 0.000000238. The predicted octanol–water partition coefficient (Wildman–Crippen LogP) is 5.07. The average molecular weight is 651 g/mol. The fraction of sp³-hybridized carbons (Fsp3) is 0.417. The number of carbonyl (C=O) groups is 3. The molecule has 11 heteroatoms. The molecule has 3 aliphatic heterocycles. The van der Waals surface area contributed by atoms with E-state index in [9.17, 15) is 24.6 Å². The van der Waals surface area contributed by atoms with Crippen LogP contribution in [0, 0.1) is 6.92 Å². The van der Waals surface area contributed by atoms with Crippen LogP contribution in [0.3, 0.4) is 0 Å². The van der Waals surface area contributed by atoms with Crippen LogP contribution >= 0.6 is 0 Å². The van der Waals surface area contributed by atoms with Crippen molar-refractivity contribution in [2.75, 3.05) is 46.6 Å². The number of likely N-dealkylation sites (tertiary alicyclic amines) is 1. The van der Waals surface area contributed by atoms with E-state index in [4.69, 9.17) is 18.9 Å². The van der Waals surface area contributed by atoms with E-state index in [-0.39, 0.29) is 18.1 Å². The molecule has 6 rings (SSSR count). The van der Waals surface area contributed by atoms with Gasteiger partial charge in [-0.05, 0) is 70.6 Å². The Kier molecular flexibility index (Phi) is 14.2. The molecule has 0 aromatic heterocycles. The second-order valence-electron chi connectivity index (χ2n) is 11.0. The number of aryl methyl sites for hydroxylation is 1. The fourth-order valence-corrected chi connectivity index (χ4v) is 5.44. The van der Waals surface area contributed by atoms with Gasteiger partial charge in [0.05, 0.1) is 25.4 Å². The summed E-state index contributed by atoms with van der Waals surface area (Å²) in [6, 6.07) is 15.9. The molecule has 1 fully saturated rings. The van der Waals surface area contributed by atoms with Crippen molar-refractivity contribution in [3.05, 3.63) is 82.4 Å². The summed E-state index contributed by atoms with van der Waals surface area (Å²) in [5.74, 6) is 0.421. The predicted molar refractivity (Wildman–Crippen MR) is 177 cm³/mol. The summed E-state index contributed by atoms with van der Waals surface area (Å²) in [4.78, 5) is 34.6. The van der Waals surface area contributed by atoms with Crippen LogP contribution in [0.4, 0.5) is 0 Å². The lowest BCUT2D eigenvalue weighted by atomic mass is 9.77. The molecule has 0 aliphatic carbocycles. The summed E-state index contributed by atoms with van der Waals surface area (Å²) in [7, 11) is 2.19. The molecule has 1 unspecified atom stereocenters. The summed E-state index contributed by atoms with van der Waals surface area (Å²) in [5.41, 5.74) is 2.26. The zero-order chi connectivity index (χ0) is 34.4. The van der Waals surface area contributed by atoms with Gasteiger partial charge >= 0.3 is 5.97 Å². The Labute approximate surface area is 276 Å². The zero-order valence-corrected chi connectivity index (χ0v) is 27.8. The van der Waals surface area contributed by atoms with Crippen molar-refractivity contribution in [2.24, 2.45) is 0 Å². The van der Waals surface area contributed by atoms with Crippen molar-refractivity contribution in [3.8, 4) is 23.0 Å². The molecule has 3 aromatic carbocycles. The summed E-state index contributed by atoms with van der Waals surface area (Å²) >= 11 is 0. The van der Waals surface area contributed by atoms with Crippen molar-refractivity contribution in [2.45, 2.75) is 52.2 Å². The number of benzene rings is 3. The molecule has 3 aliphatic rings. The lowest BCUT2D eigenvalue weighted by molar-refractivity contribution is -0.112. The maximum Gasteiger partial charge on any atom is 0.340 e. The second-order valence-corrected chi connectivity index (χ2v) is 11.0. The van der Waals surface area contributed by atoms with Gasteiger partial charge in [0.2, 0.25) is 6.41 Å². The van der Waals surface area contributed by atoms with Gasteiger partial charge in [0, 0.05) is 41.4 Å². The molecule has 254 valence electrons. The number of hydrogen-bond acceptors (Lipinski definition) is 10. The van der Waals surface area contributed by atoms with E-state index in [0.29, 0.717) is 67.3 Å². The Hall–Kier alpha value is -4.45. The standard InChI is InChI=1S/C21H14O5.C7H13NO4.C6H13N.C2H6/c1-11-2-5-15-14(8-11)20(24)26-21(15)16-6-3-12(22)9-18(16)25-19-10-13(23)4-7-17(19)21;9-2-4-12-6-5-11-3-1-8-7-10;1-6-4-3-5-7(6)2;1-2/h2-10,22-23H,1H3;2,7H,1,3-6H2,(H,8,10);6H,3-5H2,1-2H3;1-2H3. The number of nitrogens with zero attached hydrogens (tertiary/aromatic N) is 1. The van der Waals surface area contributed by atoms with Crippen molar-refractivity contribution < 1.29 is 43.5 Å². The Morgan fingerprint density at radius 3 is 2.09 bits per heavy atom. The number of phenolic OH excluding ortho intramolecular Hbond substituents is 2. The largest absolute Gasteiger partial charge is 0.508 e. The lowest BCUT2D eigenvalue weighted by Crippen LogP contribution is -2.32. The molecule has 0 bridgehead atoms. The molecule has 11 nitrogen and oxygen atoms in total. The number of hydrogen-bond donors (Lipinski definition) is 3.